The predicted octanol–water partition coefficient (Wildman–Crippen LogP) is 2.65. The molecule has 92 valence electrons. The highest BCUT2D eigenvalue weighted by Gasteiger charge is 2.28. The first-order valence-electron chi connectivity index (χ1n) is 5.68. The van der Waals surface area contributed by atoms with Gasteiger partial charge in [0.15, 0.2) is 0 Å². The number of aromatic nitrogens is 2. The molecule has 2 aromatic rings. The van der Waals surface area contributed by atoms with Gasteiger partial charge in [-0.1, -0.05) is 18.2 Å². The van der Waals surface area contributed by atoms with E-state index in [1.807, 2.05) is 31.2 Å². The molecule has 0 fully saturated rings. The predicted molar refractivity (Wildman–Crippen MR) is 72.7 cm³/mol. The van der Waals surface area contributed by atoms with Crippen molar-refractivity contribution in [2.24, 2.45) is 0 Å². The molecule has 0 spiro atoms. The molecule has 0 radical (unpaired) electrons. The zero-order valence-corrected chi connectivity index (χ0v) is 11.4. The first-order chi connectivity index (χ1) is 8.66. The summed E-state index contributed by atoms with van der Waals surface area (Å²) in [5, 5.41) is 0. The van der Waals surface area contributed by atoms with Crippen LogP contribution in [0, 0.1) is 6.92 Å². The lowest BCUT2D eigenvalue weighted by atomic mass is 10.0. The number of nitrogens with zero attached hydrogens (tertiary/aromatic N) is 2. The number of anilines is 1. The Morgan fingerprint density at radius 2 is 2.11 bits per heavy atom. The van der Waals surface area contributed by atoms with E-state index in [-0.39, 0.29) is 5.92 Å². The number of fused-ring (bicyclic) bond motifs is 1. The van der Waals surface area contributed by atoms with E-state index in [4.69, 9.17) is 10.5 Å². The quantitative estimate of drug-likeness (QED) is 0.880. The summed E-state index contributed by atoms with van der Waals surface area (Å²) in [7, 11) is 0. The van der Waals surface area contributed by atoms with E-state index in [0.29, 0.717) is 12.4 Å². The molecule has 1 aromatic heterocycles. The first-order valence-corrected chi connectivity index (χ1v) is 6.47. The van der Waals surface area contributed by atoms with E-state index < -0.39 is 0 Å². The van der Waals surface area contributed by atoms with Gasteiger partial charge in [-0.05, 0) is 28.9 Å². The van der Waals surface area contributed by atoms with Crippen LogP contribution in [0.2, 0.25) is 0 Å². The van der Waals surface area contributed by atoms with Crippen LogP contribution >= 0.6 is 15.9 Å². The molecule has 0 saturated heterocycles. The van der Waals surface area contributed by atoms with Gasteiger partial charge in [0, 0.05) is 5.56 Å². The molecule has 0 bridgehead atoms. The summed E-state index contributed by atoms with van der Waals surface area (Å²) >= 11 is 3.37. The third-order valence-corrected chi connectivity index (χ3v) is 4.05. The lowest BCUT2D eigenvalue weighted by Crippen LogP contribution is -2.11. The second kappa shape index (κ2) is 4.24. The number of ether oxygens (including phenoxy) is 1. The van der Waals surface area contributed by atoms with Crippen molar-refractivity contribution in [2.75, 3.05) is 12.3 Å². The summed E-state index contributed by atoms with van der Waals surface area (Å²) in [4.78, 5) is 8.85. The van der Waals surface area contributed by atoms with E-state index in [1.165, 1.54) is 0 Å². The van der Waals surface area contributed by atoms with Crippen LogP contribution in [0.25, 0.3) is 0 Å². The zero-order chi connectivity index (χ0) is 12.7. The Morgan fingerprint density at radius 1 is 1.33 bits per heavy atom. The lowest BCUT2D eigenvalue weighted by Gasteiger charge is -2.10. The molecule has 1 aromatic carbocycles. The van der Waals surface area contributed by atoms with Crippen molar-refractivity contribution in [3.8, 4) is 5.75 Å². The second-order valence-electron chi connectivity index (χ2n) is 4.27. The second-order valence-corrected chi connectivity index (χ2v) is 5.06. The maximum absolute atomic E-state index is 5.87. The lowest BCUT2D eigenvalue weighted by molar-refractivity contribution is 0.339. The standard InChI is InChI=1S/C13H12BrN3O/c1-7-11(14)12(15)17-13(16-7)9-6-18-10-5-3-2-4-8(9)10/h2-5,9H,6H2,1H3,(H2,15,16,17). The van der Waals surface area contributed by atoms with E-state index in [1.54, 1.807) is 0 Å². The van der Waals surface area contributed by atoms with Crippen LogP contribution in [0.1, 0.15) is 23.0 Å². The Labute approximate surface area is 113 Å². The van der Waals surface area contributed by atoms with Crippen LogP contribution < -0.4 is 10.5 Å². The molecule has 18 heavy (non-hydrogen) atoms. The normalized spacial score (nSPS) is 17.3. The Kier molecular flexibility index (Phi) is 2.70. The average Bonchev–Trinajstić information content (AvgIpc) is 2.79. The van der Waals surface area contributed by atoms with Gasteiger partial charge in [-0.3, -0.25) is 0 Å². The van der Waals surface area contributed by atoms with Crippen LogP contribution in [0.4, 0.5) is 5.82 Å². The van der Waals surface area contributed by atoms with Crippen molar-refractivity contribution in [3.63, 3.8) is 0 Å². The Morgan fingerprint density at radius 3 is 2.89 bits per heavy atom. The molecule has 3 rings (SSSR count). The fourth-order valence-corrected chi connectivity index (χ4v) is 2.31. The Bertz CT molecular complexity index is 592. The van der Waals surface area contributed by atoms with Gasteiger partial charge in [0.2, 0.25) is 0 Å². The highest BCUT2D eigenvalue weighted by molar-refractivity contribution is 9.10. The number of hydrogen-bond donors (Lipinski definition) is 1. The molecular weight excluding hydrogens is 294 g/mol. The van der Waals surface area contributed by atoms with E-state index in [9.17, 15) is 0 Å². The molecule has 0 aliphatic carbocycles. The van der Waals surface area contributed by atoms with Crippen LogP contribution in [0.3, 0.4) is 0 Å². The largest absolute Gasteiger partial charge is 0.492 e. The van der Waals surface area contributed by atoms with Crippen LogP contribution in [0.5, 0.6) is 5.75 Å². The number of aryl methyl sites for hydroxylation is 1. The zero-order valence-electron chi connectivity index (χ0n) is 9.85. The topological polar surface area (TPSA) is 61.0 Å². The van der Waals surface area contributed by atoms with E-state index in [0.717, 1.165) is 27.3 Å². The number of hydrogen-bond acceptors (Lipinski definition) is 4. The number of nitrogens with two attached hydrogens (primary N) is 1. The van der Waals surface area contributed by atoms with E-state index in [2.05, 4.69) is 25.9 Å². The Balaban J connectivity index is 2.08. The third-order valence-electron chi connectivity index (χ3n) is 3.07. The van der Waals surface area contributed by atoms with Crippen LogP contribution in [0.15, 0.2) is 28.7 Å². The highest BCUT2D eigenvalue weighted by Crippen LogP contribution is 2.37. The van der Waals surface area contributed by atoms with Crippen molar-refractivity contribution in [1.82, 2.24) is 9.97 Å². The molecule has 5 heteroatoms. The van der Waals surface area contributed by atoms with E-state index >= 15 is 0 Å². The fraction of sp³-hybridized carbons (Fsp3) is 0.231. The highest BCUT2D eigenvalue weighted by atomic mass is 79.9. The van der Waals surface area contributed by atoms with Crippen molar-refractivity contribution in [3.05, 3.63) is 45.8 Å². The van der Waals surface area contributed by atoms with Crippen LogP contribution in [-0.2, 0) is 0 Å². The van der Waals surface area contributed by atoms with Gasteiger partial charge in [0.05, 0.1) is 16.1 Å². The van der Waals surface area contributed by atoms with Gasteiger partial charge in [-0.15, -0.1) is 0 Å². The fourth-order valence-electron chi connectivity index (χ4n) is 2.14. The minimum absolute atomic E-state index is 0.0651. The summed E-state index contributed by atoms with van der Waals surface area (Å²) < 4.78 is 6.41. The monoisotopic (exact) mass is 305 g/mol. The van der Waals surface area contributed by atoms with Crippen molar-refractivity contribution < 1.29 is 4.74 Å². The number of halogens is 1. The molecule has 1 unspecified atom stereocenters. The maximum Gasteiger partial charge on any atom is 0.142 e. The van der Waals surface area contributed by atoms with Crippen molar-refractivity contribution in [2.45, 2.75) is 12.8 Å². The van der Waals surface area contributed by atoms with Crippen LogP contribution in [-0.4, -0.2) is 16.6 Å². The van der Waals surface area contributed by atoms with Gasteiger partial charge >= 0.3 is 0 Å². The van der Waals surface area contributed by atoms with Gasteiger partial charge in [-0.25, -0.2) is 9.97 Å². The molecule has 2 heterocycles. The molecular formula is C13H12BrN3O. The molecule has 0 amide bonds. The smallest absolute Gasteiger partial charge is 0.142 e. The molecule has 4 nitrogen and oxygen atoms in total. The van der Waals surface area contributed by atoms with Gasteiger partial charge in [-0.2, -0.15) is 0 Å². The van der Waals surface area contributed by atoms with Gasteiger partial charge in [0.1, 0.15) is 24.0 Å². The van der Waals surface area contributed by atoms with Gasteiger partial charge in [0.25, 0.3) is 0 Å². The van der Waals surface area contributed by atoms with Crippen molar-refractivity contribution >= 4 is 21.7 Å². The minimum Gasteiger partial charge on any atom is -0.492 e. The average molecular weight is 306 g/mol. The maximum atomic E-state index is 5.87. The molecule has 1 aliphatic rings. The molecule has 1 atom stereocenters. The summed E-state index contributed by atoms with van der Waals surface area (Å²) in [6.07, 6.45) is 0. The van der Waals surface area contributed by atoms with Gasteiger partial charge < -0.3 is 10.5 Å². The number of rotatable bonds is 1. The number of nitrogen functional groups attached to an aromatic ring is 1. The number of benzene rings is 1. The minimum atomic E-state index is 0.0651. The molecule has 0 saturated carbocycles. The summed E-state index contributed by atoms with van der Waals surface area (Å²) in [6.45, 7) is 2.48. The molecule has 2 N–H and O–H groups in total. The molecule has 1 aliphatic heterocycles. The number of para-hydroxylation sites is 1. The summed E-state index contributed by atoms with van der Waals surface area (Å²) in [6, 6.07) is 7.97. The Hall–Kier alpha value is -1.62. The summed E-state index contributed by atoms with van der Waals surface area (Å²) in [5.74, 6) is 2.17. The van der Waals surface area contributed by atoms with Crippen molar-refractivity contribution in [1.29, 1.82) is 0 Å². The third kappa shape index (κ3) is 1.75. The first kappa shape index (κ1) is 11.5. The summed E-state index contributed by atoms with van der Waals surface area (Å²) in [5.41, 5.74) is 7.84. The SMILES string of the molecule is Cc1nc(C2COc3ccccc32)nc(N)c1Br.